The first kappa shape index (κ1) is 22.0. The molecule has 10 heteroatoms. The van der Waals surface area contributed by atoms with Crippen LogP contribution in [0.5, 0.6) is 5.75 Å². The topological polar surface area (TPSA) is 76.7 Å². The number of anilines is 1. The molecular formula is C19H18F4N2O4. The molecule has 0 fully saturated rings. The maximum absolute atomic E-state index is 14.0. The van der Waals surface area contributed by atoms with E-state index < -0.39 is 41.8 Å². The monoisotopic (exact) mass is 414 g/mol. The van der Waals surface area contributed by atoms with E-state index in [4.69, 9.17) is 4.74 Å². The van der Waals surface area contributed by atoms with E-state index in [1.165, 1.54) is 50.4 Å². The Kier molecular flexibility index (Phi) is 6.68. The molecule has 2 aromatic rings. The van der Waals surface area contributed by atoms with E-state index in [1.807, 2.05) is 0 Å². The highest BCUT2D eigenvalue weighted by atomic mass is 19.4. The van der Waals surface area contributed by atoms with Crippen molar-refractivity contribution in [2.45, 2.75) is 18.8 Å². The van der Waals surface area contributed by atoms with Gasteiger partial charge in [0, 0.05) is 5.56 Å². The number of alkyl halides is 3. The van der Waals surface area contributed by atoms with Gasteiger partial charge in [-0.15, -0.1) is 0 Å². The van der Waals surface area contributed by atoms with Crippen LogP contribution in [-0.2, 0) is 9.53 Å². The number of methoxy groups -OCH3 is 1. The minimum atomic E-state index is -5.37. The summed E-state index contributed by atoms with van der Waals surface area (Å²) in [6.07, 6.45) is -5.37. The van der Waals surface area contributed by atoms with Crippen LogP contribution in [0.3, 0.4) is 0 Å². The van der Waals surface area contributed by atoms with Crippen molar-refractivity contribution in [2.75, 3.05) is 19.0 Å². The largest absolute Gasteiger partial charge is 0.497 e. The van der Waals surface area contributed by atoms with Crippen LogP contribution >= 0.6 is 0 Å². The highest BCUT2D eigenvalue weighted by Gasteiger charge is 2.64. The summed E-state index contributed by atoms with van der Waals surface area (Å²) in [6.45, 7) is 0.904. The van der Waals surface area contributed by atoms with Gasteiger partial charge in [0.1, 0.15) is 11.6 Å². The summed E-state index contributed by atoms with van der Waals surface area (Å²) >= 11 is 0. The highest BCUT2D eigenvalue weighted by Crippen LogP contribution is 2.34. The number of para-hydroxylation sites is 1. The lowest BCUT2D eigenvalue weighted by Crippen LogP contribution is -2.69. The average molecular weight is 414 g/mol. The molecule has 0 radical (unpaired) electrons. The molecule has 0 bridgehead atoms. The number of ether oxygens (including phenoxy) is 2. The molecule has 2 rings (SSSR count). The minimum Gasteiger partial charge on any atom is -0.497 e. The number of carbonyl (C=O) groups is 2. The molecule has 6 nitrogen and oxygen atoms in total. The van der Waals surface area contributed by atoms with Crippen LogP contribution in [0.1, 0.15) is 17.3 Å². The lowest BCUT2D eigenvalue weighted by Gasteiger charge is -2.35. The van der Waals surface area contributed by atoms with Crippen molar-refractivity contribution in [3.8, 4) is 5.75 Å². The summed E-state index contributed by atoms with van der Waals surface area (Å²) in [4.78, 5) is 24.8. The number of amides is 1. The van der Waals surface area contributed by atoms with Gasteiger partial charge >= 0.3 is 17.8 Å². The number of hydrogen-bond acceptors (Lipinski definition) is 5. The Morgan fingerprint density at radius 2 is 1.66 bits per heavy atom. The van der Waals surface area contributed by atoms with Crippen molar-refractivity contribution >= 4 is 17.6 Å². The summed E-state index contributed by atoms with van der Waals surface area (Å²) in [5, 5.41) is 3.40. The van der Waals surface area contributed by atoms with Crippen LogP contribution < -0.4 is 15.4 Å². The Morgan fingerprint density at radius 1 is 1.03 bits per heavy atom. The van der Waals surface area contributed by atoms with E-state index in [1.54, 1.807) is 10.6 Å². The predicted molar refractivity (Wildman–Crippen MR) is 95.9 cm³/mol. The Hall–Kier alpha value is -3.30. The molecule has 1 amide bonds. The molecule has 0 aliphatic heterocycles. The van der Waals surface area contributed by atoms with Crippen LogP contribution in [0.25, 0.3) is 0 Å². The smallest absolute Gasteiger partial charge is 0.441 e. The van der Waals surface area contributed by atoms with Crippen molar-refractivity contribution in [2.24, 2.45) is 0 Å². The highest BCUT2D eigenvalue weighted by molar-refractivity contribution is 5.99. The lowest BCUT2D eigenvalue weighted by molar-refractivity contribution is -0.204. The van der Waals surface area contributed by atoms with Crippen molar-refractivity contribution in [1.82, 2.24) is 5.32 Å². The number of rotatable bonds is 7. The van der Waals surface area contributed by atoms with Crippen LogP contribution in [-0.4, -0.2) is 37.4 Å². The van der Waals surface area contributed by atoms with Crippen molar-refractivity contribution in [3.63, 3.8) is 0 Å². The second kappa shape index (κ2) is 8.80. The zero-order chi connectivity index (χ0) is 21.7. The molecule has 0 aliphatic carbocycles. The fourth-order valence-corrected chi connectivity index (χ4v) is 2.38. The van der Waals surface area contributed by atoms with Gasteiger partial charge in [-0.25, -0.2) is 9.18 Å². The minimum absolute atomic E-state index is 0.181. The first-order valence-electron chi connectivity index (χ1n) is 8.38. The van der Waals surface area contributed by atoms with E-state index in [0.29, 0.717) is 5.75 Å². The maximum Gasteiger partial charge on any atom is 0.441 e. The van der Waals surface area contributed by atoms with Gasteiger partial charge in [0.25, 0.3) is 5.91 Å². The Morgan fingerprint density at radius 3 is 2.17 bits per heavy atom. The Balaban J connectivity index is 2.50. The third-order valence-corrected chi connectivity index (χ3v) is 3.86. The van der Waals surface area contributed by atoms with E-state index in [-0.39, 0.29) is 5.56 Å². The normalized spacial score (nSPS) is 13.2. The average Bonchev–Trinajstić information content (AvgIpc) is 2.68. The molecule has 0 aromatic heterocycles. The summed E-state index contributed by atoms with van der Waals surface area (Å²) < 4.78 is 65.6. The Labute approximate surface area is 163 Å². The maximum atomic E-state index is 14.0. The van der Waals surface area contributed by atoms with E-state index >= 15 is 0 Å². The van der Waals surface area contributed by atoms with Crippen molar-refractivity contribution < 1.29 is 36.6 Å². The third-order valence-electron chi connectivity index (χ3n) is 3.86. The molecule has 2 aromatic carbocycles. The molecule has 0 heterocycles. The van der Waals surface area contributed by atoms with E-state index in [0.717, 1.165) is 12.1 Å². The first-order chi connectivity index (χ1) is 13.6. The van der Waals surface area contributed by atoms with Gasteiger partial charge in [0.05, 0.1) is 19.4 Å². The second-order valence-electron chi connectivity index (χ2n) is 5.76. The molecule has 0 saturated carbocycles. The molecule has 29 heavy (non-hydrogen) atoms. The van der Waals surface area contributed by atoms with E-state index in [2.05, 4.69) is 4.74 Å². The first-order valence-corrected chi connectivity index (χ1v) is 8.38. The van der Waals surface area contributed by atoms with Crippen LogP contribution in [0.2, 0.25) is 0 Å². The fraction of sp³-hybridized carbons (Fsp3) is 0.263. The number of carbonyl (C=O) groups excluding carboxylic acids is 2. The predicted octanol–water partition coefficient (Wildman–Crippen LogP) is 3.50. The van der Waals surface area contributed by atoms with Gasteiger partial charge in [0.15, 0.2) is 0 Å². The van der Waals surface area contributed by atoms with Crippen LogP contribution in [0.15, 0.2) is 48.5 Å². The summed E-state index contributed by atoms with van der Waals surface area (Å²) in [5.41, 5.74) is -4.55. The standard InChI is InChI=1S/C19H18F4N2O4/c1-3-29-17(27)18(19(21,22)23,24-15-7-5-4-6-14(15)20)25-16(26)12-8-10-13(28-2)11-9-12/h4-11,24H,3H2,1-2H3,(H,25,26). The van der Waals surface area contributed by atoms with Gasteiger partial charge in [-0.2, -0.15) is 13.2 Å². The molecule has 156 valence electrons. The van der Waals surface area contributed by atoms with Crippen LogP contribution in [0.4, 0.5) is 23.2 Å². The Bertz CT molecular complexity index is 871. The number of nitrogens with one attached hydrogen (secondary N) is 2. The zero-order valence-corrected chi connectivity index (χ0v) is 15.5. The molecule has 1 unspecified atom stereocenters. The number of halogens is 4. The second-order valence-corrected chi connectivity index (χ2v) is 5.76. The van der Waals surface area contributed by atoms with Crippen molar-refractivity contribution in [3.05, 3.63) is 59.9 Å². The zero-order valence-electron chi connectivity index (χ0n) is 15.5. The fourth-order valence-electron chi connectivity index (χ4n) is 2.38. The van der Waals surface area contributed by atoms with Gasteiger partial charge in [-0.05, 0) is 43.3 Å². The number of hydrogen-bond donors (Lipinski definition) is 2. The van der Waals surface area contributed by atoms with Gasteiger partial charge in [-0.1, -0.05) is 12.1 Å². The SMILES string of the molecule is CCOC(=O)C(NC(=O)c1ccc(OC)cc1)(Nc1ccccc1F)C(F)(F)F. The van der Waals surface area contributed by atoms with Gasteiger partial charge in [-0.3, -0.25) is 4.79 Å². The molecule has 1 atom stereocenters. The number of benzene rings is 2. The number of esters is 1. The molecule has 0 aliphatic rings. The molecular weight excluding hydrogens is 396 g/mol. The summed E-state index contributed by atoms with van der Waals surface area (Å²) in [6, 6.07) is 9.57. The lowest BCUT2D eigenvalue weighted by atomic mass is 10.1. The quantitative estimate of drug-likeness (QED) is 0.412. The van der Waals surface area contributed by atoms with Gasteiger partial charge < -0.3 is 20.1 Å². The van der Waals surface area contributed by atoms with Crippen molar-refractivity contribution in [1.29, 1.82) is 0 Å². The van der Waals surface area contributed by atoms with Gasteiger partial charge in [0.2, 0.25) is 0 Å². The summed E-state index contributed by atoms with van der Waals surface area (Å²) in [7, 11) is 1.38. The molecule has 2 N–H and O–H groups in total. The third kappa shape index (κ3) is 4.76. The molecule has 0 saturated heterocycles. The summed E-state index contributed by atoms with van der Waals surface area (Å²) in [5.74, 6) is -3.75. The van der Waals surface area contributed by atoms with E-state index in [9.17, 15) is 27.2 Å². The van der Waals surface area contributed by atoms with Crippen LogP contribution in [0, 0.1) is 5.82 Å². The molecule has 0 spiro atoms.